The number of benzene rings is 3. The van der Waals surface area contributed by atoms with Crippen LogP contribution in [0.15, 0.2) is 97.2 Å². The fraction of sp³-hybridized carbons (Fsp3) is 0.0909. The van der Waals surface area contributed by atoms with Crippen molar-refractivity contribution in [3.8, 4) is 11.3 Å². The summed E-state index contributed by atoms with van der Waals surface area (Å²) in [6.07, 6.45) is 1.81. The largest absolute Gasteiger partial charge is 0.248 e. The molecule has 3 aromatic carbocycles. The van der Waals surface area contributed by atoms with Crippen LogP contribution in [0.5, 0.6) is 0 Å². The van der Waals surface area contributed by atoms with Crippen molar-refractivity contribution in [2.45, 2.75) is 5.54 Å². The van der Waals surface area contributed by atoms with Gasteiger partial charge in [0.25, 0.3) is 0 Å². The molecule has 0 aliphatic heterocycles. The average Bonchev–Trinajstić information content (AvgIpc) is 3.22. The van der Waals surface area contributed by atoms with E-state index in [0.29, 0.717) is 0 Å². The second-order valence-electron chi connectivity index (χ2n) is 6.14. The molecule has 0 fully saturated rings. The molecule has 128 valence electrons. The minimum atomic E-state index is -1.05. The second-order valence-corrected chi connectivity index (χ2v) is 6.14. The van der Waals surface area contributed by atoms with Gasteiger partial charge >= 0.3 is 0 Å². The summed E-state index contributed by atoms with van der Waals surface area (Å²) in [4.78, 5) is 0. The van der Waals surface area contributed by atoms with Gasteiger partial charge in [0.05, 0.1) is 6.20 Å². The number of hydrogen-bond acceptors (Lipinski definition) is 2. The van der Waals surface area contributed by atoms with Crippen molar-refractivity contribution in [2.24, 2.45) is 0 Å². The summed E-state index contributed by atoms with van der Waals surface area (Å²) in [6.45, 7) is -0.626. The zero-order valence-corrected chi connectivity index (χ0v) is 14.2. The predicted molar refractivity (Wildman–Crippen MR) is 100 cm³/mol. The number of rotatable bonds is 5. The normalized spacial score (nSPS) is 11.4. The van der Waals surface area contributed by atoms with Crippen LogP contribution >= 0.6 is 0 Å². The standard InChI is InChI=1S/C22H18FN3/c23-17-22(19-12-6-2-7-13-19,20-14-8-3-9-15-20)26-16-21(24-25-26)18-10-4-1-5-11-18/h1-16H,17H2. The molecule has 1 aromatic heterocycles. The van der Waals surface area contributed by atoms with Crippen molar-refractivity contribution >= 4 is 0 Å². The maximum absolute atomic E-state index is 14.7. The molecule has 4 aromatic rings. The van der Waals surface area contributed by atoms with Crippen molar-refractivity contribution in [3.63, 3.8) is 0 Å². The number of nitrogens with zero attached hydrogens (tertiary/aromatic N) is 3. The molecule has 0 saturated carbocycles. The van der Waals surface area contributed by atoms with Crippen LogP contribution in [0.4, 0.5) is 4.39 Å². The van der Waals surface area contributed by atoms with E-state index < -0.39 is 12.2 Å². The smallest absolute Gasteiger partial charge is 0.142 e. The summed E-state index contributed by atoms with van der Waals surface area (Å²) < 4.78 is 16.3. The fourth-order valence-electron chi connectivity index (χ4n) is 3.27. The Labute approximate surface area is 151 Å². The molecule has 3 nitrogen and oxygen atoms in total. The summed E-state index contributed by atoms with van der Waals surface area (Å²) in [5, 5.41) is 8.61. The van der Waals surface area contributed by atoms with Gasteiger partial charge in [0.2, 0.25) is 0 Å². The molecule has 0 bridgehead atoms. The lowest BCUT2D eigenvalue weighted by Gasteiger charge is -2.32. The summed E-state index contributed by atoms with van der Waals surface area (Å²) in [6, 6.07) is 29.0. The zero-order valence-electron chi connectivity index (χ0n) is 14.2. The third-order valence-corrected chi connectivity index (χ3v) is 4.65. The minimum Gasteiger partial charge on any atom is -0.248 e. The molecule has 0 aliphatic rings. The van der Waals surface area contributed by atoms with Crippen LogP contribution in [0.3, 0.4) is 0 Å². The first-order chi connectivity index (χ1) is 12.8. The summed E-state index contributed by atoms with van der Waals surface area (Å²) in [5.74, 6) is 0. The Morgan fingerprint density at radius 2 is 1.23 bits per heavy atom. The SMILES string of the molecule is FCC(c1ccccc1)(c1ccccc1)n1cc(-c2ccccc2)nn1. The molecule has 0 aliphatic carbocycles. The van der Waals surface area contributed by atoms with Crippen LogP contribution in [0, 0.1) is 0 Å². The van der Waals surface area contributed by atoms with Crippen LogP contribution in [0.25, 0.3) is 11.3 Å². The molecule has 0 unspecified atom stereocenters. The third kappa shape index (κ3) is 2.69. The van der Waals surface area contributed by atoms with Gasteiger partial charge in [-0.25, -0.2) is 9.07 Å². The van der Waals surface area contributed by atoms with E-state index in [1.165, 1.54) is 0 Å². The molecule has 0 radical (unpaired) electrons. The topological polar surface area (TPSA) is 30.7 Å². The van der Waals surface area contributed by atoms with Gasteiger partial charge in [-0.05, 0) is 11.1 Å². The molecule has 0 amide bonds. The van der Waals surface area contributed by atoms with Gasteiger partial charge in [-0.15, -0.1) is 5.10 Å². The van der Waals surface area contributed by atoms with Crippen LogP contribution in [-0.2, 0) is 5.54 Å². The number of halogens is 1. The third-order valence-electron chi connectivity index (χ3n) is 4.65. The van der Waals surface area contributed by atoms with Crippen LogP contribution in [0.1, 0.15) is 11.1 Å². The highest BCUT2D eigenvalue weighted by atomic mass is 19.1. The molecule has 0 spiro atoms. The van der Waals surface area contributed by atoms with E-state index in [2.05, 4.69) is 10.3 Å². The van der Waals surface area contributed by atoms with Crippen molar-refractivity contribution in [2.75, 3.05) is 6.67 Å². The second kappa shape index (κ2) is 6.92. The van der Waals surface area contributed by atoms with Gasteiger partial charge in [-0.2, -0.15) is 0 Å². The Balaban J connectivity index is 1.91. The molecule has 0 N–H and O–H groups in total. The quantitative estimate of drug-likeness (QED) is 0.525. The van der Waals surface area contributed by atoms with E-state index in [1.807, 2.05) is 97.2 Å². The Kier molecular flexibility index (Phi) is 4.32. The van der Waals surface area contributed by atoms with E-state index in [-0.39, 0.29) is 0 Å². The lowest BCUT2D eigenvalue weighted by atomic mass is 9.84. The lowest BCUT2D eigenvalue weighted by molar-refractivity contribution is 0.281. The highest BCUT2D eigenvalue weighted by Crippen LogP contribution is 2.35. The van der Waals surface area contributed by atoms with E-state index >= 15 is 0 Å². The molecular formula is C22H18FN3. The van der Waals surface area contributed by atoms with Gasteiger partial charge in [0.15, 0.2) is 0 Å². The average molecular weight is 343 g/mol. The monoisotopic (exact) mass is 343 g/mol. The molecular weight excluding hydrogens is 325 g/mol. The molecule has 1 heterocycles. The summed E-state index contributed by atoms with van der Waals surface area (Å²) in [7, 11) is 0. The first-order valence-electron chi connectivity index (χ1n) is 8.50. The van der Waals surface area contributed by atoms with Gasteiger partial charge in [-0.3, -0.25) is 0 Å². The van der Waals surface area contributed by atoms with Gasteiger partial charge < -0.3 is 0 Å². The first-order valence-corrected chi connectivity index (χ1v) is 8.50. The highest BCUT2D eigenvalue weighted by molar-refractivity contribution is 5.57. The molecule has 0 atom stereocenters. The van der Waals surface area contributed by atoms with Gasteiger partial charge in [0, 0.05) is 5.56 Å². The van der Waals surface area contributed by atoms with Crippen LogP contribution in [0.2, 0.25) is 0 Å². The van der Waals surface area contributed by atoms with Crippen LogP contribution < -0.4 is 0 Å². The maximum atomic E-state index is 14.7. The Bertz CT molecular complexity index is 926. The van der Waals surface area contributed by atoms with Gasteiger partial charge in [-0.1, -0.05) is 96.2 Å². The predicted octanol–water partition coefficient (Wildman–Crippen LogP) is 4.71. The molecule has 0 saturated heterocycles. The Morgan fingerprint density at radius 1 is 0.731 bits per heavy atom. The van der Waals surface area contributed by atoms with E-state index in [9.17, 15) is 4.39 Å². The van der Waals surface area contributed by atoms with Crippen molar-refractivity contribution in [1.82, 2.24) is 15.0 Å². The number of alkyl halides is 1. The maximum Gasteiger partial charge on any atom is 0.142 e. The molecule has 26 heavy (non-hydrogen) atoms. The van der Waals surface area contributed by atoms with Crippen molar-refractivity contribution < 1.29 is 4.39 Å². The van der Waals surface area contributed by atoms with Gasteiger partial charge in [0.1, 0.15) is 17.9 Å². The summed E-state index contributed by atoms with van der Waals surface area (Å²) in [5.41, 5.74) is 2.28. The lowest BCUT2D eigenvalue weighted by Crippen LogP contribution is -2.39. The summed E-state index contributed by atoms with van der Waals surface area (Å²) >= 11 is 0. The Morgan fingerprint density at radius 3 is 1.73 bits per heavy atom. The number of hydrogen-bond donors (Lipinski definition) is 0. The van der Waals surface area contributed by atoms with E-state index in [1.54, 1.807) is 4.68 Å². The van der Waals surface area contributed by atoms with Crippen LogP contribution in [-0.4, -0.2) is 21.7 Å². The molecule has 4 rings (SSSR count). The highest BCUT2D eigenvalue weighted by Gasteiger charge is 2.38. The molecule has 4 heteroatoms. The van der Waals surface area contributed by atoms with E-state index in [0.717, 1.165) is 22.4 Å². The minimum absolute atomic E-state index is 0.626. The van der Waals surface area contributed by atoms with Crippen molar-refractivity contribution in [1.29, 1.82) is 0 Å². The number of aromatic nitrogens is 3. The first kappa shape index (κ1) is 16.2. The van der Waals surface area contributed by atoms with E-state index in [4.69, 9.17) is 0 Å². The zero-order chi connectivity index (χ0) is 17.8. The fourth-order valence-corrected chi connectivity index (χ4v) is 3.27. The van der Waals surface area contributed by atoms with Crippen molar-refractivity contribution in [3.05, 3.63) is 108 Å². The Hall–Kier alpha value is -3.27.